The number of aliphatic hydroxyl groups is 9. The summed E-state index contributed by atoms with van der Waals surface area (Å²) in [6, 6.07) is 0. The fourth-order valence-corrected chi connectivity index (χ4v) is 12.1. The Labute approximate surface area is 602 Å². The second-order valence-corrected chi connectivity index (χ2v) is 27.6. The number of rotatable bonds is 61. The third kappa shape index (κ3) is 37.9. The molecule has 3 amide bonds. The molecule has 0 spiro atoms. The zero-order chi connectivity index (χ0) is 75.1. The van der Waals surface area contributed by atoms with Gasteiger partial charge in [-0.2, -0.15) is 0 Å². The quantitative estimate of drug-likeness (QED) is 0.0389. The van der Waals surface area contributed by atoms with Crippen LogP contribution < -0.4 is 16.0 Å². The minimum atomic E-state index is -1.23. The van der Waals surface area contributed by atoms with Crippen LogP contribution in [-0.4, -0.2) is 272 Å². The van der Waals surface area contributed by atoms with Gasteiger partial charge < -0.3 is 109 Å². The first-order chi connectivity index (χ1) is 49.0. The summed E-state index contributed by atoms with van der Waals surface area (Å²) in [6.45, 7) is 7.17. The fourth-order valence-electron chi connectivity index (χ4n) is 12.1. The molecule has 3 aliphatic rings. The molecule has 0 aromatic rings. The van der Waals surface area contributed by atoms with Crippen molar-refractivity contribution in [2.75, 3.05) is 106 Å². The minimum Gasteiger partial charge on any atom is -0.450 e. The molecule has 0 aromatic carbocycles. The smallest absolute Gasteiger partial charge is 0.407 e. The number of hydrogen-bond acceptors (Lipinski definition) is 27. The first-order valence-electron chi connectivity index (χ1n) is 37.5. The van der Waals surface area contributed by atoms with E-state index >= 15 is 0 Å². The number of hydrogen-bond donors (Lipinski definition) is 12. The Morgan fingerprint density at radius 2 is 0.667 bits per heavy atom. The fraction of sp³-hybridized carbons (Fsp3) is 0.889. The van der Waals surface area contributed by atoms with Crippen molar-refractivity contribution in [3.8, 4) is 0 Å². The van der Waals surface area contributed by atoms with Crippen molar-refractivity contribution in [1.82, 2.24) is 16.0 Å². The highest BCUT2D eigenvalue weighted by atomic mass is 16.7. The molecule has 0 aromatic heterocycles. The lowest BCUT2D eigenvalue weighted by molar-refractivity contribution is -0.282. The van der Waals surface area contributed by atoms with Crippen molar-refractivity contribution in [2.24, 2.45) is 23.2 Å². The Morgan fingerprint density at radius 3 is 1.04 bits per heavy atom. The molecule has 592 valence electrons. The van der Waals surface area contributed by atoms with Crippen LogP contribution in [0.15, 0.2) is 0 Å². The molecule has 3 rings (SSSR count). The lowest BCUT2D eigenvalue weighted by atomic mass is 9.84. The number of amides is 3. The average molecular weight is 1470 g/mol. The summed E-state index contributed by atoms with van der Waals surface area (Å²) in [7, 11) is 0. The van der Waals surface area contributed by atoms with Gasteiger partial charge in [0.1, 0.15) is 65.5 Å². The number of ether oxygens (including phenoxy) is 10. The second kappa shape index (κ2) is 54.4. The minimum absolute atomic E-state index is 0.0297. The van der Waals surface area contributed by atoms with Crippen LogP contribution in [0.2, 0.25) is 0 Å². The molecular weight excluding hydrogens is 1340 g/mol. The molecular formula is C72H127N3O27. The van der Waals surface area contributed by atoms with Gasteiger partial charge in [0.15, 0.2) is 18.9 Å². The van der Waals surface area contributed by atoms with E-state index < -0.39 is 123 Å². The molecule has 102 heavy (non-hydrogen) atoms. The maximum absolute atomic E-state index is 13.9. The lowest BCUT2D eigenvalue weighted by Crippen LogP contribution is -2.55. The van der Waals surface area contributed by atoms with Crippen LogP contribution >= 0.6 is 0 Å². The summed E-state index contributed by atoms with van der Waals surface area (Å²) in [5, 5.41) is 97.8. The molecule has 3 saturated heterocycles. The summed E-state index contributed by atoms with van der Waals surface area (Å²) in [4.78, 5) is 103. The molecule has 0 bridgehead atoms. The van der Waals surface area contributed by atoms with Gasteiger partial charge in [0, 0.05) is 140 Å². The van der Waals surface area contributed by atoms with Gasteiger partial charge >= 0.3 is 6.09 Å². The molecule has 0 aliphatic carbocycles. The summed E-state index contributed by atoms with van der Waals surface area (Å²) in [6.07, 6.45) is -0.946. The van der Waals surface area contributed by atoms with Crippen LogP contribution in [0.4, 0.5) is 4.79 Å². The van der Waals surface area contributed by atoms with Gasteiger partial charge in [0.2, 0.25) is 11.8 Å². The number of nitrogens with one attached hydrogen (secondary N) is 3. The number of aliphatic hydroxyl groups excluding tert-OH is 9. The van der Waals surface area contributed by atoms with Crippen molar-refractivity contribution >= 4 is 46.8 Å². The molecule has 15 unspecified atom stereocenters. The zero-order valence-electron chi connectivity index (χ0n) is 61.1. The number of ketones is 5. The highest BCUT2D eigenvalue weighted by Crippen LogP contribution is 2.31. The van der Waals surface area contributed by atoms with E-state index in [4.69, 9.17) is 47.4 Å². The van der Waals surface area contributed by atoms with Gasteiger partial charge in [0.05, 0.1) is 84.4 Å². The van der Waals surface area contributed by atoms with Crippen LogP contribution in [0, 0.1) is 23.2 Å². The van der Waals surface area contributed by atoms with Crippen molar-refractivity contribution in [1.29, 1.82) is 0 Å². The van der Waals surface area contributed by atoms with Crippen molar-refractivity contribution in [3.05, 3.63) is 0 Å². The number of unbranched alkanes of at least 4 members (excludes halogenated alkanes) is 9. The van der Waals surface area contributed by atoms with E-state index in [0.717, 1.165) is 0 Å². The maximum atomic E-state index is 13.9. The Bertz CT molecular complexity index is 2120. The van der Waals surface area contributed by atoms with Crippen LogP contribution in [-0.2, 0) is 80.9 Å². The monoisotopic (exact) mass is 1470 g/mol. The molecule has 3 aliphatic heterocycles. The van der Waals surface area contributed by atoms with E-state index in [1.165, 1.54) is 0 Å². The van der Waals surface area contributed by atoms with E-state index in [2.05, 4.69) is 16.0 Å². The van der Waals surface area contributed by atoms with Gasteiger partial charge in [-0.25, -0.2) is 4.79 Å². The van der Waals surface area contributed by atoms with Gasteiger partial charge in [-0.1, -0.05) is 40.0 Å². The van der Waals surface area contributed by atoms with Crippen molar-refractivity contribution in [3.63, 3.8) is 0 Å². The molecule has 0 saturated carbocycles. The van der Waals surface area contributed by atoms with E-state index in [9.17, 15) is 84.3 Å². The van der Waals surface area contributed by atoms with Crippen LogP contribution in [0.5, 0.6) is 0 Å². The molecule has 30 nitrogen and oxygen atoms in total. The summed E-state index contributed by atoms with van der Waals surface area (Å²) < 4.78 is 57.4. The van der Waals surface area contributed by atoms with E-state index in [0.29, 0.717) is 142 Å². The molecule has 0 radical (unpaired) electrons. The third-order valence-electron chi connectivity index (χ3n) is 18.7. The number of Topliss-reactive ketones (excluding diaryl/α,β-unsaturated/α-hetero) is 5. The highest BCUT2D eigenvalue weighted by molar-refractivity contribution is 5.80. The third-order valence-corrected chi connectivity index (χ3v) is 18.7. The van der Waals surface area contributed by atoms with Crippen molar-refractivity contribution < 1.29 is 132 Å². The summed E-state index contributed by atoms with van der Waals surface area (Å²) in [5.41, 5.74) is -1.10. The first-order valence-corrected chi connectivity index (χ1v) is 37.5. The number of alkyl carbamates (subject to hydrolysis) is 1. The van der Waals surface area contributed by atoms with Gasteiger partial charge in [0.25, 0.3) is 0 Å². The average Bonchev–Trinajstić information content (AvgIpc) is 0.841. The van der Waals surface area contributed by atoms with E-state index in [1.807, 2.05) is 0 Å². The Morgan fingerprint density at radius 1 is 0.353 bits per heavy atom. The predicted octanol–water partition coefficient (Wildman–Crippen LogP) is 3.04. The molecule has 3 fully saturated rings. The standard InChI is InChI=1S/C72H127N3O27/c1-5-96-71(92)75-33-17-8-13-28-56(83)42-72(46-93-39-30-54(81)24-11-6-9-22-52(79)26-14-18-36-97-68-49(2)62(86)65(89)57(43-76)100-68,47-94-40-31-55(82)25-12-7-10-23-53(80)27-15-19-37-98-69-50(3)63(87)66(90)58(44-77)101-69)48-95-41-32-61(85)74-35-21-34-73-60(84)29-16-20-38-99-70-51(4)64(88)67(91)59(45-78)102-70/h49-51,57-59,62-70,76-78,86-91H,5-48H2,1-4H3,(H,73,84)(H,74,85)(H,75,92). The topological polar surface area (TPSA) is 447 Å². The number of carbonyl (C=O) groups is 8. The molecule has 3 heterocycles. The lowest BCUT2D eigenvalue weighted by Gasteiger charge is -2.40. The molecule has 12 N–H and O–H groups in total. The predicted molar refractivity (Wildman–Crippen MR) is 369 cm³/mol. The van der Waals surface area contributed by atoms with Crippen molar-refractivity contribution in [2.45, 2.75) is 281 Å². The first kappa shape index (κ1) is 92.0. The van der Waals surface area contributed by atoms with E-state index in [-0.39, 0.29) is 165 Å². The van der Waals surface area contributed by atoms with Gasteiger partial charge in [-0.05, 0) is 90.4 Å². The largest absolute Gasteiger partial charge is 0.450 e. The molecule has 30 heteroatoms. The normalized spacial score (nSPS) is 25.7. The zero-order valence-corrected chi connectivity index (χ0v) is 61.1. The number of carbonyl (C=O) groups excluding carboxylic acids is 8. The summed E-state index contributed by atoms with van der Waals surface area (Å²) >= 11 is 0. The van der Waals surface area contributed by atoms with Crippen LogP contribution in [0.1, 0.15) is 207 Å². The SMILES string of the molecule is CCOC(=O)NCCCCCC(=O)CC(COCCC(=O)CCCCCC(=O)CCCCOC1OC(CO)C(O)C(O)C1C)(COCCC(=O)CCCCCC(=O)CCCCOC1OC(CO)C(O)C(O)C1C)COCCC(=O)NCCCNC(=O)CCCCOC1OC(CO)C(O)C(O)C1C. The van der Waals surface area contributed by atoms with Gasteiger partial charge in [-0.3, -0.25) is 33.6 Å². The Hall–Kier alpha value is -4.16. The van der Waals surface area contributed by atoms with Gasteiger partial charge in [-0.15, -0.1) is 0 Å². The highest BCUT2D eigenvalue weighted by Gasteiger charge is 2.45. The summed E-state index contributed by atoms with van der Waals surface area (Å²) in [5.74, 6) is -2.03. The molecule has 15 atom stereocenters. The van der Waals surface area contributed by atoms with E-state index in [1.54, 1.807) is 27.7 Å². The Kier molecular flexibility index (Phi) is 49.1. The maximum Gasteiger partial charge on any atom is 0.407 e. The second-order valence-electron chi connectivity index (χ2n) is 27.6. The van der Waals surface area contributed by atoms with Crippen LogP contribution in [0.25, 0.3) is 0 Å². The van der Waals surface area contributed by atoms with Crippen LogP contribution in [0.3, 0.4) is 0 Å². The Balaban J connectivity index is 1.50.